The number of rotatable bonds is 6. The van der Waals surface area contributed by atoms with Crippen LogP contribution in [0.15, 0.2) is 54.6 Å². The zero-order chi connectivity index (χ0) is 15.8. The Kier molecular flexibility index (Phi) is 5.56. The van der Waals surface area contributed by atoms with Crippen molar-refractivity contribution in [1.29, 1.82) is 5.26 Å². The number of carbonyl (C=O) groups is 1. The van der Waals surface area contributed by atoms with Crippen molar-refractivity contribution in [3.8, 4) is 11.8 Å². The van der Waals surface area contributed by atoms with Crippen LogP contribution in [0, 0.1) is 11.3 Å². The van der Waals surface area contributed by atoms with Gasteiger partial charge in [0.05, 0.1) is 18.7 Å². The summed E-state index contributed by atoms with van der Waals surface area (Å²) in [4.78, 5) is 11.8. The van der Waals surface area contributed by atoms with Crippen LogP contribution in [-0.4, -0.2) is 12.5 Å². The standard InChI is InChI=1S/C18H18N2O2/c1-2-22-16-10-8-15(9-11-16)18(20-17(21)12-13-19)14-6-4-3-5-7-14/h3-11,18H,2,12H2,1H3,(H,20,21). The molecule has 1 unspecified atom stereocenters. The molecule has 0 aromatic heterocycles. The van der Waals surface area contributed by atoms with Gasteiger partial charge in [-0.2, -0.15) is 5.26 Å². The van der Waals surface area contributed by atoms with E-state index in [1.54, 1.807) is 0 Å². The zero-order valence-electron chi connectivity index (χ0n) is 12.5. The van der Waals surface area contributed by atoms with Gasteiger partial charge < -0.3 is 10.1 Å². The minimum Gasteiger partial charge on any atom is -0.494 e. The lowest BCUT2D eigenvalue weighted by Gasteiger charge is -2.19. The summed E-state index contributed by atoms with van der Waals surface area (Å²) in [6, 6.07) is 18.9. The first-order chi connectivity index (χ1) is 10.7. The molecule has 4 heteroatoms. The maximum Gasteiger partial charge on any atom is 0.234 e. The van der Waals surface area contributed by atoms with Crippen LogP contribution in [0.4, 0.5) is 0 Å². The third-order valence-corrected chi connectivity index (χ3v) is 3.20. The van der Waals surface area contributed by atoms with Gasteiger partial charge in [0.1, 0.15) is 12.2 Å². The van der Waals surface area contributed by atoms with Gasteiger partial charge in [-0.3, -0.25) is 4.79 Å². The van der Waals surface area contributed by atoms with E-state index in [0.29, 0.717) is 6.61 Å². The fraction of sp³-hybridized carbons (Fsp3) is 0.222. The molecule has 0 aliphatic carbocycles. The van der Waals surface area contributed by atoms with E-state index >= 15 is 0 Å². The van der Waals surface area contributed by atoms with Gasteiger partial charge >= 0.3 is 0 Å². The van der Waals surface area contributed by atoms with Crippen LogP contribution < -0.4 is 10.1 Å². The Bertz CT molecular complexity index is 645. The fourth-order valence-corrected chi connectivity index (χ4v) is 2.21. The van der Waals surface area contributed by atoms with Crippen molar-refractivity contribution >= 4 is 5.91 Å². The molecule has 0 spiro atoms. The molecule has 112 valence electrons. The third kappa shape index (κ3) is 4.10. The first-order valence-electron chi connectivity index (χ1n) is 7.18. The molecule has 0 bridgehead atoms. The van der Waals surface area contributed by atoms with E-state index in [1.807, 2.05) is 67.6 Å². The minimum absolute atomic E-state index is 0.152. The summed E-state index contributed by atoms with van der Waals surface area (Å²) in [5.41, 5.74) is 1.92. The quantitative estimate of drug-likeness (QED) is 0.890. The second kappa shape index (κ2) is 7.84. The highest BCUT2D eigenvalue weighted by Crippen LogP contribution is 2.24. The van der Waals surface area contributed by atoms with Crippen LogP contribution in [0.3, 0.4) is 0 Å². The van der Waals surface area contributed by atoms with Gasteiger partial charge in [0.25, 0.3) is 0 Å². The number of nitriles is 1. The van der Waals surface area contributed by atoms with Crippen LogP contribution in [0.5, 0.6) is 5.75 Å². The van der Waals surface area contributed by atoms with E-state index in [-0.39, 0.29) is 18.4 Å². The smallest absolute Gasteiger partial charge is 0.234 e. The first-order valence-corrected chi connectivity index (χ1v) is 7.18. The molecule has 1 atom stereocenters. The van der Waals surface area contributed by atoms with Crippen LogP contribution in [-0.2, 0) is 4.79 Å². The molecule has 0 aliphatic heterocycles. The van der Waals surface area contributed by atoms with Gasteiger partial charge in [-0.25, -0.2) is 0 Å². The minimum atomic E-state index is -0.287. The molecule has 0 saturated heterocycles. The molecule has 2 rings (SSSR count). The summed E-state index contributed by atoms with van der Waals surface area (Å²) in [6.07, 6.45) is -0.152. The largest absolute Gasteiger partial charge is 0.494 e. The van der Waals surface area contributed by atoms with Crippen molar-refractivity contribution in [2.24, 2.45) is 0 Å². The van der Waals surface area contributed by atoms with Crippen molar-refractivity contribution in [2.75, 3.05) is 6.61 Å². The Morgan fingerprint density at radius 3 is 2.36 bits per heavy atom. The van der Waals surface area contributed by atoms with Crippen molar-refractivity contribution in [3.05, 3.63) is 65.7 Å². The van der Waals surface area contributed by atoms with E-state index in [0.717, 1.165) is 16.9 Å². The summed E-state index contributed by atoms with van der Waals surface area (Å²) >= 11 is 0. The van der Waals surface area contributed by atoms with Gasteiger partial charge in [-0.1, -0.05) is 42.5 Å². The molecule has 0 radical (unpaired) electrons. The molecule has 0 saturated carbocycles. The maximum absolute atomic E-state index is 11.8. The molecular weight excluding hydrogens is 276 g/mol. The lowest BCUT2D eigenvalue weighted by atomic mass is 9.98. The molecule has 1 N–H and O–H groups in total. The number of amides is 1. The molecule has 2 aromatic carbocycles. The Balaban J connectivity index is 2.27. The van der Waals surface area contributed by atoms with E-state index in [1.165, 1.54) is 0 Å². The van der Waals surface area contributed by atoms with Crippen LogP contribution in [0.1, 0.15) is 30.5 Å². The summed E-state index contributed by atoms with van der Waals surface area (Å²) in [6.45, 7) is 2.54. The molecule has 2 aromatic rings. The van der Waals surface area contributed by atoms with E-state index in [9.17, 15) is 4.79 Å². The number of hydrogen-bond donors (Lipinski definition) is 1. The molecule has 4 nitrogen and oxygen atoms in total. The number of ether oxygens (including phenoxy) is 1. The van der Waals surface area contributed by atoms with Crippen molar-refractivity contribution in [1.82, 2.24) is 5.32 Å². The Labute approximate surface area is 130 Å². The molecule has 0 aliphatic rings. The van der Waals surface area contributed by atoms with E-state index in [2.05, 4.69) is 5.32 Å². The highest BCUT2D eigenvalue weighted by atomic mass is 16.5. The van der Waals surface area contributed by atoms with Gasteiger partial charge in [0.15, 0.2) is 0 Å². The normalized spacial score (nSPS) is 11.3. The Morgan fingerprint density at radius 1 is 1.14 bits per heavy atom. The summed E-state index contributed by atoms with van der Waals surface area (Å²) in [7, 11) is 0. The second-order valence-electron chi connectivity index (χ2n) is 4.75. The topological polar surface area (TPSA) is 62.1 Å². The van der Waals surface area contributed by atoms with Crippen molar-refractivity contribution in [3.63, 3.8) is 0 Å². The molecule has 0 heterocycles. The third-order valence-electron chi connectivity index (χ3n) is 3.20. The van der Waals surface area contributed by atoms with Crippen molar-refractivity contribution < 1.29 is 9.53 Å². The second-order valence-corrected chi connectivity index (χ2v) is 4.75. The zero-order valence-corrected chi connectivity index (χ0v) is 12.5. The highest BCUT2D eigenvalue weighted by molar-refractivity contribution is 5.79. The molecule has 22 heavy (non-hydrogen) atoms. The predicted molar refractivity (Wildman–Crippen MR) is 84.3 cm³/mol. The number of nitrogens with one attached hydrogen (secondary N) is 1. The molecule has 1 amide bonds. The SMILES string of the molecule is CCOc1ccc(C(NC(=O)CC#N)c2ccccc2)cc1. The van der Waals surface area contributed by atoms with Gasteiger partial charge in [-0.05, 0) is 30.2 Å². The van der Waals surface area contributed by atoms with Crippen molar-refractivity contribution in [2.45, 2.75) is 19.4 Å². The lowest BCUT2D eigenvalue weighted by molar-refractivity contribution is -0.120. The van der Waals surface area contributed by atoms with Gasteiger partial charge in [0.2, 0.25) is 5.91 Å². The summed E-state index contributed by atoms with van der Waals surface area (Å²) in [5.74, 6) is 0.506. The van der Waals surface area contributed by atoms with E-state index in [4.69, 9.17) is 10.00 Å². The Morgan fingerprint density at radius 2 is 1.77 bits per heavy atom. The number of hydrogen-bond acceptors (Lipinski definition) is 3. The summed E-state index contributed by atoms with van der Waals surface area (Å²) < 4.78 is 5.44. The van der Waals surface area contributed by atoms with Gasteiger partial charge in [-0.15, -0.1) is 0 Å². The lowest BCUT2D eigenvalue weighted by Crippen LogP contribution is -2.28. The number of benzene rings is 2. The van der Waals surface area contributed by atoms with Crippen LogP contribution in [0.25, 0.3) is 0 Å². The van der Waals surface area contributed by atoms with Gasteiger partial charge in [0, 0.05) is 0 Å². The van der Waals surface area contributed by atoms with E-state index < -0.39 is 0 Å². The first kappa shape index (κ1) is 15.6. The average Bonchev–Trinajstić information content (AvgIpc) is 2.55. The molecular formula is C18H18N2O2. The monoisotopic (exact) mass is 294 g/mol. The van der Waals surface area contributed by atoms with Crippen LogP contribution >= 0.6 is 0 Å². The Hall–Kier alpha value is -2.80. The number of carbonyl (C=O) groups excluding carboxylic acids is 1. The summed E-state index contributed by atoms with van der Waals surface area (Å²) in [5, 5.41) is 11.6. The predicted octanol–water partition coefficient (Wildman–Crippen LogP) is 3.20. The van der Waals surface area contributed by atoms with Crippen LogP contribution in [0.2, 0.25) is 0 Å². The fourth-order valence-electron chi connectivity index (χ4n) is 2.21. The average molecular weight is 294 g/mol. The maximum atomic E-state index is 11.8. The number of nitrogens with zero attached hydrogens (tertiary/aromatic N) is 1. The highest BCUT2D eigenvalue weighted by Gasteiger charge is 2.16. The molecule has 0 fully saturated rings.